The van der Waals surface area contributed by atoms with Crippen molar-refractivity contribution < 1.29 is 4.74 Å². The molecular formula is C11H19Cl2N3O. The third-order valence-electron chi connectivity index (χ3n) is 2.66. The van der Waals surface area contributed by atoms with Crippen LogP contribution in [0, 0.1) is 6.92 Å². The first-order valence-corrected chi connectivity index (χ1v) is 6.47. The van der Waals surface area contributed by atoms with Gasteiger partial charge in [0.2, 0.25) is 0 Å². The summed E-state index contributed by atoms with van der Waals surface area (Å²) in [5.41, 5.74) is 1.98. The molecule has 0 amide bonds. The summed E-state index contributed by atoms with van der Waals surface area (Å²) in [6.07, 6.45) is 0.867. The average Bonchev–Trinajstić information content (AvgIpc) is 2.51. The Morgan fingerprint density at radius 1 is 1.53 bits per heavy atom. The number of methoxy groups -OCH3 is 1. The molecule has 1 atom stereocenters. The van der Waals surface area contributed by atoms with E-state index in [0.717, 1.165) is 17.7 Å². The lowest BCUT2D eigenvalue weighted by molar-refractivity contribution is 0.164. The molecule has 1 heterocycles. The van der Waals surface area contributed by atoms with Crippen LogP contribution in [0.1, 0.15) is 17.7 Å². The van der Waals surface area contributed by atoms with Gasteiger partial charge in [0.05, 0.1) is 12.3 Å². The van der Waals surface area contributed by atoms with E-state index in [0.29, 0.717) is 24.2 Å². The van der Waals surface area contributed by atoms with Crippen molar-refractivity contribution in [3.05, 3.63) is 16.4 Å². The topological polar surface area (TPSA) is 39.1 Å². The van der Waals surface area contributed by atoms with Gasteiger partial charge in [0.15, 0.2) is 0 Å². The number of nitrogens with zero attached hydrogens (tertiary/aromatic N) is 2. The fraction of sp³-hybridized carbons (Fsp3) is 0.727. The normalized spacial score (nSPS) is 13.0. The minimum Gasteiger partial charge on any atom is -0.383 e. The third kappa shape index (κ3) is 4.14. The highest BCUT2D eigenvalue weighted by atomic mass is 35.5. The van der Waals surface area contributed by atoms with Gasteiger partial charge in [-0.1, -0.05) is 11.6 Å². The van der Waals surface area contributed by atoms with E-state index in [9.17, 15) is 0 Å². The molecular weight excluding hydrogens is 261 g/mol. The Labute approximate surface area is 112 Å². The van der Waals surface area contributed by atoms with Crippen molar-refractivity contribution in [2.45, 2.75) is 25.9 Å². The Morgan fingerprint density at radius 2 is 2.24 bits per heavy atom. The molecule has 0 fully saturated rings. The van der Waals surface area contributed by atoms with Crippen molar-refractivity contribution in [3.8, 4) is 0 Å². The van der Waals surface area contributed by atoms with Crippen molar-refractivity contribution in [3.63, 3.8) is 0 Å². The fourth-order valence-electron chi connectivity index (χ4n) is 1.70. The van der Waals surface area contributed by atoms with Gasteiger partial charge in [-0.15, -0.1) is 11.6 Å². The lowest BCUT2D eigenvalue weighted by Crippen LogP contribution is -2.33. The molecule has 1 aromatic rings. The number of aromatic nitrogens is 2. The maximum Gasteiger partial charge on any atom is 0.131 e. The van der Waals surface area contributed by atoms with Crippen LogP contribution in [0.3, 0.4) is 0 Å². The van der Waals surface area contributed by atoms with Gasteiger partial charge >= 0.3 is 0 Å². The molecule has 1 rings (SSSR count). The van der Waals surface area contributed by atoms with Crippen molar-refractivity contribution in [1.82, 2.24) is 15.1 Å². The summed E-state index contributed by atoms with van der Waals surface area (Å²) in [6.45, 7) is 3.28. The zero-order valence-corrected chi connectivity index (χ0v) is 12.0. The van der Waals surface area contributed by atoms with Gasteiger partial charge in [-0.2, -0.15) is 5.10 Å². The van der Waals surface area contributed by atoms with Gasteiger partial charge in [0, 0.05) is 38.2 Å². The van der Waals surface area contributed by atoms with E-state index < -0.39 is 0 Å². The van der Waals surface area contributed by atoms with E-state index in [2.05, 4.69) is 10.4 Å². The second-order valence-electron chi connectivity index (χ2n) is 3.99. The molecule has 1 N–H and O–H groups in total. The van der Waals surface area contributed by atoms with E-state index in [1.807, 2.05) is 14.0 Å². The molecule has 0 aliphatic rings. The fourth-order valence-corrected chi connectivity index (χ4v) is 2.20. The number of aryl methyl sites for hydroxylation is 2. The first-order valence-electron chi connectivity index (χ1n) is 5.56. The Bertz CT molecular complexity index is 349. The molecule has 17 heavy (non-hydrogen) atoms. The zero-order chi connectivity index (χ0) is 12.8. The van der Waals surface area contributed by atoms with Crippen LogP contribution in [0.15, 0.2) is 0 Å². The second kappa shape index (κ2) is 7.21. The molecule has 1 aromatic heterocycles. The lowest BCUT2D eigenvalue weighted by atomic mass is 10.2. The SMILES string of the molecule is COCC(CCCl)NCc1c(C)nn(C)c1Cl. The van der Waals surface area contributed by atoms with Crippen molar-refractivity contribution in [2.75, 3.05) is 19.6 Å². The number of rotatable bonds is 7. The molecule has 0 saturated heterocycles. The summed E-state index contributed by atoms with van der Waals surface area (Å²) in [5, 5.41) is 8.33. The third-order valence-corrected chi connectivity index (χ3v) is 3.35. The van der Waals surface area contributed by atoms with E-state index in [1.54, 1.807) is 11.8 Å². The van der Waals surface area contributed by atoms with E-state index in [4.69, 9.17) is 27.9 Å². The Hall–Kier alpha value is -0.290. The Morgan fingerprint density at radius 3 is 2.71 bits per heavy atom. The van der Waals surface area contributed by atoms with E-state index in [1.165, 1.54) is 0 Å². The lowest BCUT2D eigenvalue weighted by Gasteiger charge is -2.16. The number of hydrogen-bond acceptors (Lipinski definition) is 3. The first-order chi connectivity index (χ1) is 8.10. The Balaban J connectivity index is 2.58. The van der Waals surface area contributed by atoms with Gasteiger partial charge in [-0.25, -0.2) is 0 Å². The summed E-state index contributed by atoms with van der Waals surface area (Å²) >= 11 is 11.9. The van der Waals surface area contributed by atoms with Crippen LogP contribution in [0.25, 0.3) is 0 Å². The minimum atomic E-state index is 0.244. The standard InChI is InChI=1S/C11H19Cl2N3O/c1-8-10(11(13)16(2)15-8)6-14-9(4-5-12)7-17-3/h9,14H,4-7H2,1-3H3. The van der Waals surface area contributed by atoms with Crippen LogP contribution in [0.5, 0.6) is 0 Å². The van der Waals surface area contributed by atoms with Crippen LogP contribution >= 0.6 is 23.2 Å². The maximum atomic E-state index is 6.15. The molecule has 0 aliphatic carbocycles. The summed E-state index contributed by atoms with van der Waals surface area (Å²) < 4.78 is 6.82. The average molecular weight is 280 g/mol. The quantitative estimate of drug-likeness (QED) is 0.778. The Kier molecular flexibility index (Phi) is 6.27. The van der Waals surface area contributed by atoms with Crippen LogP contribution in [0.4, 0.5) is 0 Å². The predicted molar refractivity (Wildman–Crippen MR) is 70.8 cm³/mol. The molecule has 0 spiro atoms. The van der Waals surface area contributed by atoms with Gasteiger partial charge in [-0.3, -0.25) is 4.68 Å². The first kappa shape index (κ1) is 14.8. The number of ether oxygens (including phenoxy) is 1. The second-order valence-corrected chi connectivity index (χ2v) is 4.73. The number of alkyl halides is 1. The van der Waals surface area contributed by atoms with E-state index in [-0.39, 0.29) is 6.04 Å². The summed E-state index contributed by atoms with van der Waals surface area (Å²) in [4.78, 5) is 0. The molecule has 98 valence electrons. The highest BCUT2D eigenvalue weighted by Gasteiger charge is 2.13. The number of nitrogens with one attached hydrogen (secondary N) is 1. The van der Waals surface area contributed by atoms with Crippen molar-refractivity contribution in [1.29, 1.82) is 0 Å². The van der Waals surface area contributed by atoms with Crippen LogP contribution in [-0.2, 0) is 18.3 Å². The minimum absolute atomic E-state index is 0.244. The molecule has 6 heteroatoms. The smallest absolute Gasteiger partial charge is 0.131 e. The van der Waals surface area contributed by atoms with Crippen LogP contribution < -0.4 is 5.32 Å². The maximum absolute atomic E-state index is 6.15. The van der Waals surface area contributed by atoms with Gasteiger partial charge < -0.3 is 10.1 Å². The van der Waals surface area contributed by atoms with Crippen LogP contribution in [0.2, 0.25) is 5.15 Å². The largest absolute Gasteiger partial charge is 0.383 e. The molecule has 0 radical (unpaired) electrons. The number of halogens is 2. The van der Waals surface area contributed by atoms with Crippen LogP contribution in [-0.4, -0.2) is 35.4 Å². The molecule has 0 saturated carbocycles. The molecule has 0 aromatic carbocycles. The zero-order valence-electron chi connectivity index (χ0n) is 10.5. The molecule has 4 nitrogen and oxygen atoms in total. The predicted octanol–water partition coefficient (Wildman–Crippen LogP) is 2.12. The summed E-state index contributed by atoms with van der Waals surface area (Å²) in [5.74, 6) is 0.612. The summed E-state index contributed by atoms with van der Waals surface area (Å²) in [7, 11) is 3.52. The van der Waals surface area contributed by atoms with Gasteiger partial charge in [-0.05, 0) is 13.3 Å². The molecule has 1 unspecified atom stereocenters. The monoisotopic (exact) mass is 279 g/mol. The molecule has 0 aliphatic heterocycles. The number of hydrogen-bond donors (Lipinski definition) is 1. The van der Waals surface area contributed by atoms with Gasteiger partial charge in [0.25, 0.3) is 0 Å². The molecule has 0 bridgehead atoms. The highest BCUT2D eigenvalue weighted by molar-refractivity contribution is 6.30. The van der Waals surface area contributed by atoms with Crippen molar-refractivity contribution >= 4 is 23.2 Å². The van der Waals surface area contributed by atoms with E-state index >= 15 is 0 Å². The summed E-state index contributed by atoms with van der Waals surface area (Å²) in [6, 6.07) is 0.244. The highest BCUT2D eigenvalue weighted by Crippen LogP contribution is 2.18. The van der Waals surface area contributed by atoms with Gasteiger partial charge in [0.1, 0.15) is 5.15 Å². The van der Waals surface area contributed by atoms with Crippen molar-refractivity contribution in [2.24, 2.45) is 7.05 Å².